The molecule has 0 fully saturated rings. The van der Waals surface area contributed by atoms with E-state index in [1.807, 2.05) is 37.0 Å². The van der Waals surface area contributed by atoms with Crippen molar-refractivity contribution in [3.63, 3.8) is 0 Å². The third kappa shape index (κ3) is 7.88. The molecule has 2 aromatic carbocycles. The summed E-state index contributed by atoms with van der Waals surface area (Å²) in [6, 6.07) is 13.8. The number of rotatable bonds is 14. The minimum absolute atomic E-state index is 0.127. The van der Waals surface area contributed by atoms with Gasteiger partial charge in [-0.05, 0) is 73.5 Å². The van der Waals surface area contributed by atoms with Crippen LogP contribution in [0.25, 0.3) is 10.8 Å². The Bertz CT molecular complexity index is 1070. The van der Waals surface area contributed by atoms with Crippen molar-refractivity contribution in [3.05, 3.63) is 70.3 Å². The minimum atomic E-state index is -0.127. The van der Waals surface area contributed by atoms with Gasteiger partial charge in [-0.25, -0.2) is 0 Å². The molecule has 178 valence electrons. The van der Waals surface area contributed by atoms with E-state index in [9.17, 15) is 9.28 Å². The second-order valence-corrected chi connectivity index (χ2v) is 9.33. The molecule has 1 N–H and O–H groups in total. The third-order valence-corrected chi connectivity index (χ3v) is 6.52. The van der Waals surface area contributed by atoms with Gasteiger partial charge in [0.25, 0.3) is 0 Å². The summed E-state index contributed by atoms with van der Waals surface area (Å²) in [5.41, 5.74) is 2.51. The minimum Gasteiger partial charge on any atom is -0.487 e. The lowest BCUT2D eigenvalue weighted by molar-refractivity contribution is 0.272. The van der Waals surface area contributed by atoms with Gasteiger partial charge in [-0.3, -0.25) is 9.69 Å². The Morgan fingerprint density at radius 2 is 2.03 bits per heavy atom. The maximum Gasteiger partial charge on any atom is 0.227 e. The number of nitrogens with one attached hydrogen (secondary N) is 1. The molecule has 0 bridgehead atoms. The summed E-state index contributed by atoms with van der Waals surface area (Å²) in [5.74, 6) is 1.95. The van der Waals surface area contributed by atoms with Gasteiger partial charge < -0.3 is 9.15 Å². The molecule has 0 saturated carbocycles. The lowest BCUT2D eigenvalue weighted by atomic mass is 10.1. The van der Waals surface area contributed by atoms with Crippen molar-refractivity contribution in [3.8, 4) is 5.75 Å². The van der Waals surface area contributed by atoms with E-state index in [4.69, 9.17) is 9.15 Å². The lowest BCUT2D eigenvalue weighted by Crippen LogP contribution is -2.19. The largest absolute Gasteiger partial charge is 0.487 e. The Morgan fingerprint density at radius 3 is 2.82 bits per heavy atom. The summed E-state index contributed by atoms with van der Waals surface area (Å²) >= 11 is 1.84. The van der Waals surface area contributed by atoms with Gasteiger partial charge in [-0.2, -0.15) is 5.54 Å². The molecule has 3 aromatic rings. The summed E-state index contributed by atoms with van der Waals surface area (Å²) in [5, 5.41) is 2.33. The van der Waals surface area contributed by atoms with Crippen LogP contribution in [0.15, 0.2) is 62.8 Å². The summed E-state index contributed by atoms with van der Waals surface area (Å²) in [4.78, 5) is 15.6. The molecule has 33 heavy (non-hydrogen) atoms. The Kier molecular flexibility index (Phi) is 10.2. The van der Waals surface area contributed by atoms with Gasteiger partial charge >= 0.3 is 0 Å². The maximum absolute atomic E-state index is 12.4. The van der Waals surface area contributed by atoms with Gasteiger partial charge in [-0.1, -0.05) is 31.2 Å². The monoisotopic (exact) mass is 472 g/mol. The molecule has 0 aliphatic carbocycles. The average Bonchev–Trinajstić information content (AvgIpc) is 2.80. The molecule has 0 aliphatic heterocycles. The van der Waals surface area contributed by atoms with Crippen LogP contribution in [0, 0.1) is 0 Å². The van der Waals surface area contributed by atoms with Crippen LogP contribution in [-0.4, -0.2) is 30.9 Å². The Hall–Kier alpha value is -2.35. The highest BCUT2D eigenvalue weighted by Gasteiger charge is 2.07. The molecule has 5 nitrogen and oxygen atoms in total. The van der Waals surface area contributed by atoms with Crippen LogP contribution in [0.1, 0.15) is 43.9 Å². The molecule has 7 heteroatoms. The van der Waals surface area contributed by atoms with Crippen LogP contribution < -0.4 is 15.7 Å². The molecule has 1 heterocycles. The number of hydrogen-bond acceptors (Lipinski definition) is 6. The second-order valence-electron chi connectivity index (χ2n) is 8.19. The van der Waals surface area contributed by atoms with Gasteiger partial charge in [0.2, 0.25) is 11.2 Å². The molecule has 3 rings (SSSR count). The number of halogens is 1. The first kappa shape index (κ1) is 25.3. The second kappa shape index (κ2) is 13.4. The number of benzene rings is 2. The summed E-state index contributed by atoms with van der Waals surface area (Å²) < 4.78 is 23.6. The van der Waals surface area contributed by atoms with E-state index >= 15 is 0 Å². The van der Waals surface area contributed by atoms with Crippen molar-refractivity contribution in [2.75, 3.05) is 26.0 Å². The molecule has 0 spiro atoms. The molecule has 1 aromatic heterocycles. The van der Waals surface area contributed by atoms with Gasteiger partial charge in [0, 0.05) is 11.0 Å². The van der Waals surface area contributed by atoms with E-state index in [0.29, 0.717) is 18.9 Å². The van der Waals surface area contributed by atoms with Crippen LogP contribution in [0.3, 0.4) is 0 Å². The molecule has 0 atom stereocenters. The Morgan fingerprint density at radius 1 is 1.15 bits per heavy atom. The summed E-state index contributed by atoms with van der Waals surface area (Å²) in [6.07, 6.45) is 5.46. The number of fused-ring (bicyclic) bond motifs is 1. The van der Waals surface area contributed by atoms with E-state index in [-0.39, 0.29) is 17.7 Å². The quantitative estimate of drug-likeness (QED) is 0.178. The lowest BCUT2D eigenvalue weighted by Gasteiger charge is -2.14. The highest BCUT2D eigenvalue weighted by molar-refractivity contribution is 7.99. The van der Waals surface area contributed by atoms with Gasteiger partial charge in [-0.15, -0.1) is 16.2 Å². The average molecular weight is 473 g/mol. The molecule has 0 radical (unpaired) electrons. The van der Waals surface area contributed by atoms with Crippen molar-refractivity contribution < 1.29 is 13.6 Å². The highest BCUT2D eigenvalue weighted by atomic mass is 32.2. The highest BCUT2D eigenvalue weighted by Crippen LogP contribution is 2.29. The standard InChI is InChI=1S/C26H33FN2O3S/c1-3-12-29(2)18-22-16-24(30)25(19-32-22)31-13-5-4-6-14-33-26-9-7-8-21-15-20(17-28-27)10-11-23(21)26/h7-11,15-16,19,28H,3-6,12-14,17-18H2,1-2H3. The fraction of sp³-hybridized carbons (Fsp3) is 0.423. The first-order valence-corrected chi connectivity index (χ1v) is 12.5. The molecule has 0 aliphatic rings. The maximum atomic E-state index is 12.4. The predicted molar refractivity (Wildman–Crippen MR) is 134 cm³/mol. The predicted octanol–water partition coefficient (Wildman–Crippen LogP) is 5.95. The van der Waals surface area contributed by atoms with Crippen molar-refractivity contribution >= 4 is 22.5 Å². The van der Waals surface area contributed by atoms with Crippen LogP contribution in [-0.2, 0) is 13.1 Å². The zero-order chi connectivity index (χ0) is 23.5. The number of ether oxygens (including phenoxy) is 1. The first-order chi connectivity index (χ1) is 16.1. The molecule has 0 saturated heterocycles. The number of hydrogen-bond donors (Lipinski definition) is 1. The van der Waals surface area contributed by atoms with Crippen LogP contribution in [0.4, 0.5) is 4.48 Å². The van der Waals surface area contributed by atoms with Gasteiger partial charge in [0.1, 0.15) is 12.0 Å². The molecular formula is C26H33FN2O3S. The topological polar surface area (TPSA) is 54.7 Å². The van der Waals surface area contributed by atoms with Gasteiger partial charge in [0.15, 0.2) is 0 Å². The van der Waals surface area contributed by atoms with E-state index in [0.717, 1.165) is 48.9 Å². The first-order valence-electron chi connectivity index (χ1n) is 11.5. The van der Waals surface area contributed by atoms with Gasteiger partial charge in [0.05, 0.1) is 19.7 Å². The van der Waals surface area contributed by atoms with Crippen molar-refractivity contribution in [1.29, 1.82) is 0 Å². The van der Waals surface area contributed by atoms with Crippen molar-refractivity contribution in [1.82, 2.24) is 10.4 Å². The molecule has 0 amide bonds. The van der Waals surface area contributed by atoms with Crippen LogP contribution >= 0.6 is 11.8 Å². The number of unbranched alkanes of at least 4 members (excludes halogenated alkanes) is 2. The number of nitrogens with zero attached hydrogens (tertiary/aromatic N) is 1. The smallest absolute Gasteiger partial charge is 0.227 e. The van der Waals surface area contributed by atoms with E-state index in [1.165, 1.54) is 22.6 Å². The van der Waals surface area contributed by atoms with E-state index < -0.39 is 0 Å². The Labute approximate surface area is 199 Å². The third-order valence-electron chi connectivity index (χ3n) is 5.36. The van der Waals surface area contributed by atoms with Crippen LogP contribution in [0.2, 0.25) is 0 Å². The van der Waals surface area contributed by atoms with Crippen LogP contribution in [0.5, 0.6) is 5.75 Å². The fourth-order valence-electron chi connectivity index (χ4n) is 3.72. The van der Waals surface area contributed by atoms with Crippen molar-refractivity contribution in [2.24, 2.45) is 0 Å². The summed E-state index contributed by atoms with van der Waals surface area (Å²) in [6.45, 7) is 4.42. The zero-order valence-electron chi connectivity index (χ0n) is 19.4. The number of thioether (sulfide) groups is 1. The SMILES string of the molecule is CCCN(C)Cc1cc(=O)c(OCCCCCSc2cccc3cc(CNF)ccc23)co1. The molecular weight excluding hydrogens is 439 g/mol. The zero-order valence-corrected chi connectivity index (χ0v) is 20.3. The summed E-state index contributed by atoms with van der Waals surface area (Å²) in [7, 11) is 2.01. The fourth-order valence-corrected chi connectivity index (χ4v) is 4.80. The van der Waals surface area contributed by atoms with Crippen molar-refractivity contribution in [2.45, 2.75) is 50.6 Å². The normalized spacial score (nSPS) is 11.4. The Balaban J connectivity index is 1.38. The van der Waals surface area contributed by atoms with E-state index in [1.54, 1.807) is 5.54 Å². The van der Waals surface area contributed by atoms with E-state index in [2.05, 4.69) is 30.0 Å². The molecule has 0 unspecified atom stereocenters.